The highest BCUT2D eigenvalue weighted by molar-refractivity contribution is 6.33. The number of nitrogens with zero attached hydrogens (tertiary/aromatic N) is 1. The summed E-state index contributed by atoms with van der Waals surface area (Å²) in [5.41, 5.74) is 1.01. The van der Waals surface area contributed by atoms with E-state index in [1.54, 1.807) is 12.1 Å². The summed E-state index contributed by atoms with van der Waals surface area (Å²) >= 11 is 6.13. The second-order valence-corrected chi connectivity index (χ2v) is 7.08. The maximum absolute atomic E-state index is 13.0. The minimum atomic E-state index is -4.43. The van der Waals surface area contributed by atoms with Gasteiger partial charge in [-0.15, -0.1) is 0 Å². The molecule has 0 saturated carbocycles. The monoisotopic (exact) mass is 384 g/mol. The molecule has 0 bridgehead atoms. The number of benzene rings is 2. The Hall–Kier alpha value is -1.96. The van der Waals surface area contributed by atoms with Crippen LogP contribution in [0.25, 0.3) is 11.1 Å². The van der Waals surface area contributed by atoms with Crippen LogP contribution in [-0.2, 0) is 10.9 Å². The molecule has 0 amide bonds. The smallest absolute Gasteiger partial charge is 0.383 e. The maximum Gasteiger partial charge on any atom is 0.416 e. The van der Waals surface area contributed by atoms with Gasteiger partial charge in [0.2, 0.25) is 0 Å². The summed E-state index contributed by atoms with van der Waals surface area (Å²) in [6, 6.07) is 8.63. The zero-order valence-corrected chi connectivity index (χ0v) is 14.4. The summed E-state index contributed by atoms with van der Waals surface area (Å²) in [5, 5.41) is 13.7. The number of hydrogen-bond acceptors (Lipinski definition) is 4. The lowest BCUT2D eigenvalue weighted by molar-refractivity contribution is -0.171. The Balaban J connectivity index is 1.64. The molecule has 2 aromatic carbocycles. The van der Waals surface area contributed by atoms with Gasteiger partial charge in [0, 0.05) is 10.6 Å². The molecule has 0 aromatic heterocycles. The van der Waals surface area contributed by atoms with Crippen LogP contribution in [0.3, 0.4) is 0 Å². The van der Waals surface area contributed by atoms with E-state index in [2.05, 4.69) is 5.32 Å². The molecule has 0 unspecified atom stereocenters. The standard InChI is InChI=1S/C18H16ClF3N2O2/c19-14-3-2-12(18(20,21)22)6-13(14)11-1-4-16-15(5-11)23-10-24(16)7-17(25)8-26-9-17/h1-6,23,25H,7-10H2. The van der Waals surface area contributed by atoms with Gasteiger partial charge in [0.15, 0.2) is 0 Å². The highest BCUT2D eigenvalue weighted by Gasteiger charge is 2.39. The van der Waals surface area contributed by atoms with E-state index in [0.29, 0.717) is 37.6 Å². The Morgan fingerprint density at radius 3 is 2.62 bits per heavy atom. The number of β-amino-alcohol motifs (C(OH)–C–C–N with tert-alkyl or cyclic N) is 1. The van der Waals surface area contributed by atoms with Gasteiger partial charge in [0.25, 0.3) is 0 Å². The van der Waals surface area contributed by atoms with Crippen molar-refractivity contribution in [2.75, 3.05) is 36.6 Å². The molecule has 1 fully saturated rings. The third kappa shape index (κ3) is 3.11. The van der Waals surface area contributed by atoms with E-state index in [1.807, 2.05) is 11.0 Å². The van der Waals surface area contributed by atoms with Gasteiger partial charge in [-0.05, 0) is 35.9 Å². The van der Waals surface area contributed by atoms with E-state index in [0.717, 1.165) is 23.5 Å². The number of anilines is 2. The lowest BCUT2D eigenvalue weighted by Gasteiger charge is -2.39. The molecule has 2 aliphatic rings. The molecule has 138 valence electrons. The van der Waals surface area contributed by atoms with E-state index >= 15 is 0 Å². The van der Waals surface area contributed by atoms with Gasteiger partial charge in [-0.1, -0.05) is 17.7 Å². The Morgan fingerprint density at radius 2 is 1.96 bits per heavy atom. The van der Waals surface area contributed by atoms with Crippen LogP contribution in [0.2, 0.25) is 5.02 Å². The van der Waals surface area contributed by atoms with Crippen LogP contribution in [-0.4, -0.2) is 37.1 Å². The largest absolute Gasteiger partial charge is 0.416 e. The van der Waals surface area contributed by atoms with Gasteiger partial charge in [-0.25, -0.2) is 0 Å². The number of ether oxygens (including phenoxy) is 1. The number of alkyl halides is 3. The van der Waals surface area contributed by atoms with Gasteiger partial charge >= 0.3 is 6.18 Å². The minimum Gasteiger partial charge on any atom is -0.383 e. The molecule has 2 aliphatic heterocycles. The predicted molar refractivity (Wildman–Crippen MR) is 93.5 cm³/mol. The van der Waals surface area contributed by atoms with Crippen molar-refractivity contribution < 1.29 is 23.0 Å². The van der Waals surface area contributed by atoms with Crippen molar-refractivity contribution >= 4 is 23.0 Å². The van der Waals surface area contributed by atoms with E-state index in [1.165, 1.54) is 6.07 Å². The molecule has 2 N–H and O–H groups in total. The highest BCUT2D eigenvalue weighted by Crippen LogP contribution is 2.40. The molecule has 4 nitrogen and oxygen atoms in total. The zero-order chi connectivity index (χ0) is 18.5. The normalized spacial score (nSPS) is 18.3. The van der Waals surface area contributed by atoms with Crippen LogP contribution in [0.4, 0.5) is 24.5 Å². The maximum atomic E-state index is 13.0. The number of halogens is 4. The summed E-state index contributed by atoms with van der Waals surface area (Å²) in [5.74, 6) is 0. The van der Waals surface area contributed by atoms with Gasteiger partial charge in [0.1, 0.15) is 5.60 Å². The van der Waals surface area contributed by atoms with Crippen LogP contribution >= 0.6 is 11.6 Å². The fraction of sp³-hybridized carbons (Fsp3) is 0.333. The third-order valence-corrected chi connectivity index (χ3v) is 4.96. The van der Waals surface area contributed by atoms with Crippen molar-refractivity contribution in [1.29, 1.82) is 0 Å². The first-order chi connectivity index (χ1) is 12.3. The minimum absolute atomic E-state index is 0.258. The average molecular weight is 385 g/mol. The van der Waals surface area contributed by atoms with E-state index < -0.39 is 17.3 Å². The first-order valence-corrected chi connectivity index (χ1v) is 8.43. The second-order valence-electron chi connectivity index (χ2n) is 6.67. The summed E-state index contributed by atoms with van der Waals surface area (Å²) in [6.45, 7) is 1.54. The first kappa shape index (κ1) is 17.5. The van der Waals surface area contributed by atoms with Crippen LogP contribution < -0.4 is 10.2 Å². The number of aliphatic hydroxyl groups is 1. The van der Waals surface area contributed by atoms with Crippen molar-refractivity contribution in [1.82, 2.24) is 0 Å². The summed E-state index contributed by atoms with van der Waals surface area (Å²) < 4.78 is 44.0. The van der Waals surface area contributed by atoms with Crippen molar-refractivity contribution in [3.8, 4) is 11.1 Å². The molecule has 4 rings (SSSR count). The first-order valence-electron chi connectivity index (χ1n) is 8.05. The lowest BCUT2D eigenvalue weighted by atomic mass is 10.00. The van der Waals surface area contributed by atoms with Crippen molar-refractivity contribution in [3.05, 3.63) is 47.0 Å². The van der Waals surface area contributed by atoms with Gasteiger partial charge in [-0.2, -0.15) is 13.2 Å². The molecule has 2 heterocycles. The fourth-order valence-electron chi connectivity index (χ4n) is 3.23. The Labute approximate surface area is 153 Å². The van der Waals surface area contributed by atoms with Crippen LogP contribution in [0.5, 0.6) is 0 Å². The molecule has 8 heteroatoms. The van der Waals surface area contributed by atoms with E-state index in [4.69, 9.17) is 16.3 Å². The van der Waals surface area contributed by atoms with Gasteiger partial charge in [0.05, 0.1) is 43.4 Å². The molecular formula is C18H16ClF3N2O2. The van der Waals surface area contributed by atoms with E-state index in [-0.39, 0.29) is 5.02 Å². The summed E-state index contributed by atoms with van der Waals surface area (Å²) in [4.78, 5) is 1.98. The Morgan fingerprint density at radius 1 is 1.19 bits per heavy atom. The molecule has 0 atom stereocenters. The van der Waals surface area contributed by atoms with Crippen molar-refractivity contribution in [2.45, 2.75) is 11.8 Å². The summed E-state index contributed by atoms with van der Waals surface area (Å²) in [6.07, 6.45) is -4.43. The Kier molecular flexibility index (Phi) is 4.06. The molecule has 0 spiro atoms. The fourth-order valence-corrected chi connectivity index (χ4v) is 3.46. The molecule has 0 radical (unpaired) electrons. The topological polar surface area (TPSA) is 44.7 Å². The van der Waals surface area contributed by atoms with E-state index in [9.17, 15) is 18.3 Å². The molecular weight excluding hydrogens is 369 g/mol. The van der Waals surface area contributed by atoms with Crippen LogP contribution in [0.1, 0.15) is 5.56 Å². The molecule has 2 aromatic rings. The zero-order valence-electron chi connectivity index (χ0n) is 13.6. The average Bonchev–Trinajstić information content (AvgIpc) is 2.95. The van der Waals surface area contributed by atoms with Crippen molar-refractivity contribution in [3.63, 3.8) is 0 Å². The number of hydrogen-bond donors (Lipinski definition) is 2. The lowest BCUT2D eigenvalue weighted by Crippen LogP contribution is -2.57. The molecule has 26 heavy (non-hydrogen) atoms. The van der Waals surface area contributed by atoms with Crippen molar-refractivity contribution in [2.24, 2.45) is 0 Å². The third-order valence-electron chi connectivity index (χ3n) is 4.63. The summed E-state index contributed by atoms with van der Waals surface area (Å²) in [7, 11) is 0. The number of rotatable bonds is 3. The number of fused-ring (bicyclic) bond motifs is 1. The second kappa shape index (κ2) is 6.04. The van der Waals surface area contributed by atoms with Crippen LogP contribution in [0.15, 0.2) is 36.4 Å². The van der Waals surface area contributed by atoms with Crippen LogP contribution in [0, 0.1) is 0 Å². The molecule has 1 saturated heterocycles. The number of nitrogens with one attached hydrogen (secondary N) is 1. The highest BCUT2D eigenvalue weighted by atomic mass is 35.5. The Bertz CT molecular complexity index is 853. The SMILES string of the molecule is OC1(CN2CNc3cc(-c4cc(C(F)(F)F)ccc4Cl)ccc32)COC1. The predicted octanol–water partition coefficient (Wildman–Crippen LogP) is 3.98. The van der Waals surface area contributed by atoms with Gasteiger partial charge in [-0.3, -0.25) is 0 Å². The van der Waals surface area contributed by atoms with Gasteiger partial charge < -0.3 is 20.1 Å². The quantitative estimate of drug-likeness (QED) is 0.840. The molecule has 0 aliphatic carbocycles.